The second-order valence-corrected chi connectivity index (χ2v) is 4.08. The molecule has 0 heterocycles. The first-order valence-corrected chi connectivity index (χ1v) is 5.46. The minimum absolute atomic E-state index is 0.0157. The number of alkyl halides is 1. The zero-order valence-corrected chi connectivity index (χ0v) is 9.29. The molecule has 0 aromatic carbocycles. The summed E-state index contributed by atoms with van der Waals surface area (Å²) in [6.07, 6.45) is 1.31. The van der Waals surface area contributed by atoms with Gasteiger partial charge in [0.25, 0.3) is 0 Å². The fourth-order valence-corrected chi connectivity index (χ4v) is 1.99. The molecule has 1 rings (SSSR count). The summed E-state index contributed by atoms with van der Waals surface area (Å²) < 4.78 is 0. The molecule has 0 bridgehead atoms. The summed E-state index contributed by atoms with van der Waals surface area (Å²) in [7, 11) is 0. The molecule has 2 nitrogen and oxygen atoms in total. The number of allylic oxidation sites excluding steroid dienone is 1. The maximum atomic E-state index is 9.74. The summed E-state index contributed by atoms with van der Waals surface area (Å²) in [5, 5.41) is 20.0. The van der Waals surface area contributed by atoms with Crippen LogP contribution in [-0.2, 0) is 0 Å². The first kappa shape index (κ1) is 11.0. The molecule has 3 atom stereocenters. The molecule has 0 spiro atoms. The quantitative estimate of drug-likeness (QED) is 0.575. The average molecular weight is 247 g/mol. The standard InChI is InChI=1S/C10H15BrO2/c1-6-3-4-8(7(2)5-11)10(13)9(6)12/h3,8-10,12-13H,2,4-5H2,1H3. The van der Waals surface area contributed by atoms with Crippen LogP contribution in [0.2, 0.25) is 0 Å². The third-order valence-electron chi connectivity index (χ3n) is 2.59. The molecule has 1 aliphatic rings. The second-order valence-electron chi connectivity index (χ2n) is 3.52. The lowest BCUT2D eigenvalue weighted by Gasteiger charge is -2.31. The smallest absolute Gasteiger partial charge is 0.101 e. The Morgan fingerprint density at radius 1 is 1.69 bits per heavy atom. The highest BCUT2D eigenvalue weighted by Gasteiger charge is 2.31. The molecule has 0 fully saturated rings. The summed E-state index contributed by atoms with van der Waals surface area (Å²) in [6, 6.07) is 0. The molecule has 13 heavy (non-hydrogen) atoms. The van der Waals surface area contributed by atoms with E-state index in [-0.39, 0.29) is 5.92 Å². The predicted octanol–water partition coefficient (Wildman–Crippen LogP) is 1.63. The van der Waals surface area contributed by atoms with Crippen molar-refractivity contribution in [3.63, 3.8) is 0 Å². The Balaban J connectivity index is 2.76. The molecule has 0 radical (unpaired) electrons. The molecule has 2 N–H and O–H groups in total. The van der Waals surface area contributed by atoms with Gasteiger partial charge in [0, 0.05) is 11.2 Å². The van der Waals surface area contributed by atoms with Crippen LogP contribution in [0.1, 0.15) is 13.3 Å². The molecule has 0 saturated heterocycles. The van der Waals surface area contributed by atoms with Crippen molar-refractivity contribution in [1.82, 2.24) is 0 Å². The highest BCUT2D eigenvalue weighted by Crippen LogP contribution is 2.29. The molecular formula is C10H15BrO2. The first-order chi connectivity index (χ1) is 6.07. The third kappa shape index (κ3) is 2.22. The van der Waals surface area contributed by atoms with Gasteiger partial charge in [-0.1, -0.05) is 34.2 Å². The average Bonchev–Trinajstić information content (AvgIpc) is 2.13. The predicted molar refractivity (Wildman–Crippen MR) is 56.8 cm³/mol. The minimum Gasteiger partial charge on any atom is -0.389 e. The van der Waals surface area contributed by atoms with Gasteiger partial charge in [-0.3, -0.25) is 0 Å². The van der Waals surface area contributed by atoms with E-state index in [1.165, 1.54) is 0 Å². The van der Waals surface area contributed by atoms with E-state index in [4.69, 9.17) is 0 Å². The van der Waals surface area contributed by atoms with Gasteiger partial charge < -0.3 is 10.2 Å². The van der Waals surface area contributed by atoms with Crippen molar-refractivity contribution in [2.75, 3.05) is 5.33 Å². The van der Waals surface area contributed by atoms with Crippen LogP contribution < -0.4 is 0 Å². The molecule has 3 heteroatoms. The fourth-order valence-electron chi connectivity index (χ4n) is 1.57. The van der Waals surface area contributed by atoms with E-state index in [0.717, 1.165) is 17.6 Å². The number of hydrogen-bond donors (Lipinski definition) is 2. The molecule has 1 aliphatic carbocycles. The van der Waals surface area contributed by atoms with Crippen LogP contribution in [0.4, 0.5) is 0 Å². The monoisotopic (exact) mass is 246 g/mol. The Labute approximate surface area is 87.1 Å². The zero-order chi connectivity index (χ0) is 10.0. The fraction of sp³-hybridized carbons (Fsp3) is 0.600. The topological polar surface area (TPSA) is 40.5 Å². The zero-order valence-electron chi connectivity index (χ0n) is 7.70. The molecule has 74 valence electrons. The van der Waals surface area contributed by atoms with E-state index in [0.29, 0.717) is 5.33 Å². The molecule has 3 unspecified atom stereocenters. The van der Waals surface area contributed by atoms with Crippen LogP contribution in [0, 0.1) is 5.92 Å². The largest absolute Gasteiger partial charge is 0.389 e. The van der Waals surface area contributed by atoms with Crippen LogP contribution >= 0.6 is 15.9 Å². The summed E-state index contributed by atoms with van der Waals surface area (Å²) in [6.45, 7) is 5.69. The van der Waals surface area contributed by atoms with Crippen molar-refractivity contribution in [1.29, 1.82) is 0 Å². The third-order valence-corrected chi connectivity index (χ3v) is 3.31. The Bertz CT molecular complexity index is 235. The minimum atomic E-state index is -0.727. The van der Waals surface area contributed by atoms with Gasteiger partial charge in [0.2, 0.25) is 0 Å². The number of aliphatic hydroxyl groups is 2. The van der Waals surface area contributed by atoms with Crippen LogP contribution in [0.5, 0.6) is 0 Å². The lowest BCUT2D eigenvalue weighted by molar-refractivity contribution is 0.00636. The van der Waals surface area contributed by atoms with Crippen molar-refractivity contribution in [2.24, 2.45) is 5.92 Å². The van der Waals surface area contributed by atoms with Gasteiger partial charge in [0.05, 0.1) is 6.10 Å². The summed E-state index contributed by atoms with van der Waals surface area (Å²) in [5.74, 6) is -0.0157. The van der Waals surface area contributed by atoms with Crippen LogP contribution in [0.25, 0.3) is 0 Å². The number of rotatable bonds is 2. The van der Waals surface area contributed by atoms with Crippen molar-refractivity contribution < 1.29 is 10.2 Å². The van der Waals surface area contributed by atoms with Gasteiger partial charge >= 0.3 is 0 Å². The van der Waals surface area contributed by atoms with Gasteiger partial charge in [0.15, 0.2) is 0 Å². The molecule has 0 aliphatic heterocycles. The Morgan fingerprint density at radius 3 is 2.85 bits per heavy atom. The second kappa shape index (κ2) is 4.40. The van der Waals surface area contributed by atoms with Gasteiger partial charge in [0.1, 0.15) is 6.10 Å². The highest BCUT2D eigenvalue weighted by atomic mass is 79.9. The maximum Gasteiger partial charge on any atom is 0.101 e. The van der Waals surface area contributed by atoms with Crippen LogP contribution in [0.15, 0.2) is 23.8 Å². The number of hydrogen-bond acceptors (Lipinski definition) is 2. The van der Waals surface area contributed by atoms with Gasteiger partial charge in [-0.05, 0) is 18.9 Å². The normalized spacial score (nSPS) is 34.2. The van der Waals surface area contributed by atoms with E-state index >= 15 is 0 Å². The van der Waals surface area contributed by atoms with Crippen molar-refractivity contribution in [3.8, 4) is 0 Å². The van der Waals surface area contributed by atoms with E-state index in [2.05, 4.69) is 22.5 Å². The SMILES string of the molecule is C=C(CBr)C1CC=C(C)C(O)C1O. The van der Waals surface area contributed by atoms with E-state index in [1.54, 1.807) is 0 Å². The van der Waals surface area contributed by atoms with E-state index in [1.807, 2.05) is 13.0 Å². The summed E-state index contributed by atoms with van der Waals surface area (Å²) in [4.78, 5) is 0. The van der Waals surface area contributed by atoms with Gasteiger partial charge in [-0.25, -0.2) is 0 Å². The molecule has 0 saturated carbocycles. The highest BCUT2D eigenvalue weighted by molar-refractivity contribution is 9.09. The number of aliphatic hydroxyl groups excluding tert-OH is 2. The van der Waals surface area contributed by atoms with Crippen molar-refractivity contribution in [2.45, 2.75) is 25.6 Å². The Hall–Kier alpha value is -0.120. The molecular weight excluding hydrogens is 232 g/mol. The summed E-state index contributed by atoms with van der Waals surface area (Å²) >= 11 is 3.30. The van der Waals surface area contributed by atoms with Crippen LogP contribution in [0.3, 0.4) is 0 Å². The molecule has 0 amide bonds. The van der Waals surface area contributed by atoms with Crippen molar-refractivity contribution >= 4 is 15.9 Å². The molecule has 0 aromatic heterocycles. The maximum absolute atomic E-state index is 9.74. The van der Waals surface area contributed by atoms with Gasteiger partial charge in [-0.2, -0.15) is 0 Å². The Morgan fingerprint density at radius 2 is 2.31 bits per heavy atom. The van der Waals surface area contributed by atoms with E-state index < -0.39 is 12.2 Å². The number of halogens is 1. The molecule has 0 aromatic rings. The van der Waals surface area contributed by atoms with E-state index in [9.17, 15) is 10.2 Å². The first-order valence-electron chi connectivity index (χ1n) is 4.34. The van der Waals surface area contributed by atoms with Gasteiger partial charge in [-0.15, -0.1) is 0 Å². The lowest BCUT2D eigenvalue weighted by Crippen LogP contribution is -2.38. The Kier molecular flexibility index (Phi) is 3.71. The lowest BCUT2D eigenvalue weighted by atomic mass is 9.82. The van der Waals surface area contributed by atoms with Crippen LogP contribution in [-0.4, -0.2) is 27.8 Å². The summed E-state index contributed by atoms with van der Waals surface area (Å²) in [5.41, 5.74) is 1.79. The van der Waals surface area contributed by atoms with Crippen molar-refractivity contribution in [3.05, 3.63) is 23.8 Å².